The molecule has 0 saturated carbocycles. The highest BCUT2D eigenvalue weighted by atomic mass is 16.3. The normalized spacial score (nSPS) is 11.3. The Morgan fingerprint density at radius 3 is 2.73 bits per heavy atom. The lowest BCUT2D eigenvalue weighted by atomic mass is 10.1. The van der Waals surface area contributed by atoms with Gasteiger partial charge in [0, 0.05) is 12.4 Å². The molecule has 2 heterocycles. The van der Waals surface area contributed by atoms with Gasteiger partial charge >= 0.3 is 0 Å². The summed E-state index contributed by atoms with van der Waals surface area (Å²) in [4.78, 5) is 24.6. The number of hydrogen-bond acceptors (Lipinski definition) is 4. The summed E-state index contributed by atoms with van der Waals surface area (Å²) in [7, 11) is 1.57. The van der Waals surface area contributed by atoms with Crippen molar-refractivity contribution in [3.8, 4) is 5.75 Å². The van der Waals surface area contributed by atoms with E-state index >= 15 is 0 Å². The number of aromatic nitrogens is 1. The number of fused-ring (bicyclic) bond motifs is 1. The Morgan fingerprint density at radius 2 is 2.00 bits per heavy atom. The Labute approximate surface area is 125 Å². The van der Waals surface area contributed by atoms with E-state index in [9.17, 15) is 14.7 Å². The largest absolute Gasteiger partial charge is 0.506 e. The van der Waals surface area contributed by atoms with Crippen LogP contribution < -0.4 is 5.56 Å². The molecule has 0 aliphatic heterocycles. The maximum atomic E-state index is 12.3. The topological polar surface area (TPSA) is 72.4 Å². The number of nitrogens with zero attached hydrogens (tertiary/aromatic N) is 1. The number of rotatable bonds is 3. The van der Waals surface area contributed by atoms with Crippen LogP contribution in [0.15, 0.2) is 57.9 Å². The highest BCUT2D eigenvalue weighted by Gasteiger charge is 2.19. The summed E-state index contributed by atoms with van der Waals surface area (Å²) < 4.78 is 6.44. The predicted molar refractivity (Wildman–Crippen MR) is 82.9 cm³/mol. The predicted octanol–water partition coefficient (Wildman–Crippen LogP) is 2.73. The molecule has 0 spiro atoms. The van der Waals surface area contributed by atoms with Crippen LogP contribution in [0, 0.1) is 0 Å². The van der Waals surface area contributed by atoms with Gasteiger partial charge in [0.15, 0.2) is 5.78 Å². The first-order valence-electron chi connectivity index (χ1n) is 6.66. The molecule has 0 bridgehead atoms. The number of pyridine rings is 1. The van der Waals surface area contributed by atoms with E-state index in [1.165, 1.54) is 23.0 Å². The van der Waals surface area contributed by atoms with Crippen LogP contribution in [0.2, 0.25) is 0 Å². The van der Waals surface area contributed by atoms with Crippen LogP contribution in [0.3, 0.4) is 0 Å². The average Bonchev–Trinajstić information content (AvgIpc) is 3.04. The second kappa shape index (κ2) is 5.37. The quantitative estimate of drug-likeness (QED) is 0.595. The lowest BCUT2D eigenvalue weighted by Crippen LogP contribution is -2.24. The number of hydrogen-bond donors (Lipinski definition) is 1. The summed E-state index contributed by atoms with van der Waals surface area (Å²) in [6, 6.07) is 10.2. The van der Waals surface area contributed by atoms with Gasteiger partial charge in [0.2, 0.25) is 0 Å². The molecular weight excluding hydrogens is 282 g/mol. The molecule has 3 rings (SSSR count). The van der Waals surface area contributed by atoms with Gasteiger partial charge in [-0.25, -0.2) is 0 Å². The van der Waals surface area contributed by atoms with Gasteiger partial charge in [-0.05, 0) is 36.4 Å². The number of ketones is 1. The number of carbonyl (C=O) groups excluding carboxylic acids is 1. The number of furan rings is 1. The van der Waals surface area contributed by atoms with E-state index in [4.69, 9.17) is 4.42 Å². The lowest BCUT2D eigenvalue weighted by Gasteiger charge is -2.09. The second-order valence-electron chi connectivity index (χ2n) is 4.82. The summed E-state index contributed by atoms with van der Waals surface area (Å²) >= 11 is 0. The van der Waals surface area contributed by atoms with Crippen molar-refractivity contribution in [1.29, 1.82) is 0 Å². The van der Waals surface area contributed by atoms with Crippen LogP contribution in [0.5, 0.6) is 5.75 Å². The summed E-state index contributed by atoms with van der Waals surface area (Å²) in [5.74, 6) is -0.376. The van der Waals surface area contributed by atoms with E-state index in [1.54, 1.807) is 43.4 Å². The monoisotopic (exact) mass is 295 g/mol. The van der Waals surface area contributed by atoms with E-state index < -0.39 is 11.3 Å². The van der Waals surface area contributed by atoms with Crippen molar-refractivity contribution in [2.45, 2.75) is 0 Å². The fraction of sp³-hybridized carbons (Fsp3) is 0.0588. The Bertz CT molecular complexity index is 933. The van der Waals surface area contributed by atoms with Gasteiger partial charge in [-0.1, -0.05) is 12.1 Å². The molecule has 0 aliphatic carbocycles. The van der Waals surface area contributed by atoms with Gasteiger partial charge in [-0.3, -0.25) is 9.59 Å². The first kappa shape index (κ1) is 13.9. The van der Waals surface area contributed by atoms with Crippen molar-refractivity contribution in [2.75, 3.05) is 0 Å². The summed E-state index contributed by atoms with van der Waals surface area (Å²) in [5.41, 5.74) is -0.217. The number of para-hydroxylation sites is 1. The molecule has 5 nitrogen and oxygen atoms in total. The Hall–Kier alpha value is -3.08. The molecule has 3 aromatic rings. The smallest absolute Gasteiger partial charge is 0.265 e. The van der Waals surface area contributed by atoms with Crippen LogP contribution in [-0.4, -0.2) is 15.5 Å². The van der Waals surface area contributed by atoms with Crippen LogP contribution in [0.4, 0.5) is 0 Å². The van der Waals surface area contributed by atoms with Gasteiger partial charge < -0.3 is 14.1 Å². The maximum Gasteiger partial charge on any atom is 0.265 e. The minimum Gasteiger partial charge on any atom is -0.506 e. The number of aryl methyl sites for hydroxylation is 1. The number of allylic oxidation sites excluding steroid dienone is 1. The molecule has 22 heavy (non-hydrogen) atoms. The molecule has 0 unspecified atom stereocenters. The molecule has 2 aromatic heterocycles. The lowest BCUT2D eigenvalue weighted by molar-refractivity contribution is 0.104. The Balaban J connectivity index is 2.15. The highest BCUT2D eigenvalue weighted by molar-refractivity contribution is 6.11. The fourth-order valence-electron chi connectivity index (χ4n) is 2.33. The van der Waals surface area contributed by atoms with Crippen molar-refractivity contribution < 1.29 is 14.3 Å². The molecule has 0 aliphatic rings. The third-order valence-electron chi connectivity index (χ3n) is 3.46. The molecule has 1 aromatic carbocycles. The Morgan fingerprint density at radius 1 is 1.23 bits per heavy atom. The molecule has 110 valence electrons. The molecule has 0 fully saturated rings. The van der Waals surface area contributed by atoms with Gasteiger partial charge in [0.1, 0.15) is 17.1 Å². The van der Waals surface area contributed by atoms with Crippen LogP contribution in [-0.2, 0) is 7.05 Å². The summed E-state index contributed by atoms with van der Waals surface area (Å²) in [6.07, 6.45) is 4.15. The first-order valence-corrected chi connectivity index (χ1v) is 6.66. The standard InChI is InChI=1S/C17H13NO4/c1-18-13-7-3-2-6-12(13)16(20)15(17(18)21)14(19)9-8-11-5-4-10-22-11/h2-10,20H,1H3. The van der Waals surface area contributed by atoms with E-state index in [-0.39, 0.29) is 11.3 Å². The zero-order valence-corrected chi connectivity index (χ0v) is 11.8. The molecule has 0 radical (unpaired) electrons. The average molecular weight is 295 g/mol. The first-order chi connectivity index (χ1) is 10.6. The van der Waals surface area contributed by atoms with Gasteiger partial charge in [-0.2, -0.15) is 0 Å². The summed E-state index contributed by atoms with van der Waals surface area (Å²) in [6.45, 7) is 0. The molecule has 5 heteroatoms. The minimum absolute atomic E-state index is 0.246. The van der Waals surface area contributed by atoms with Crippen molar-refractivity contribution in [1.82, 2.24) is 4.57 Å². The number of benzene rings is 1. The zero-order valence-electron chi connectivity index (χ0n) is 11.8. The third kappa shape index (κ3) is 2.22. The van der Waals surface area contributed by atoms with E-state index in [0.29, 0.717) is 16.7 Å². The molecular formula is C17H13NO4. The molecule has 0 saturated heterocycles. The van der Waals surface area contributed by atoms with Crippen molar-refractivity contribution in [2.24, 2.45) is 7.05 Å². The van der Waals surface area contributed by atoms with Gasteiger partial charge in [-0.15, -0.1) is 0 Å². The van der Waals surface area contributed by atoms with E-state index in [2.05, 4.69) is 0 Å². The number of aromatic hydroxyl groups is 1. The Kier molecular flexibility index (Phi) is 3.39. The van der Waals surface area contributed by atoms with E-state index in [1.807, 2.05) is 0 Å². The van der Waals surface area contributed by atoms with Crippen molar-refractivity contribution in [3.05, 3.63) is 70.4 Å². The second-order valence-corrected chi connectivity index (χ2v) is 4.82. The van der Waals surface area contributed by atoms with Crippen molar-refractivity contribution >= 4 is 22.8 Å². The zero-order chi connectivity index (χ0) is 15.7. The fourth-order valence-corrected chi connectivity index (χ4v) is 2.33. The van der Waals surface area contributed by atoms with Crippen molar-refractivity contribution in [3.63, 3.8) is 0 Å². The third-order valence-corrected chi connectivity index (χ3v) is 3.46. The molecule has 0 atom stereocenters. The maximum absolute atomic E-state index is 12.3. The minimum atomic E-state index is -0.569. The van der Waals surface area contributed by atoms with Gasteiger partial charge in [0.25, 0.3) is 5.56 Å². The molecule has 1 N–H and O–H groups in total. The highest BCUT2D eigenvalue weighted by Crippen LogP contribution is 2.26. The summed E-state index contributed by atoms with van der Waals surface area (Å²) in [5, 5.41) is 10.7. The SMILES string of the molecule is Cn1c(=O)c(C(=O)C=Cc2ccco2)c(O)c2ccccc21. The number of carbonyl (C=O) groups is 1. The van der Waals surface area contributed by atoms with Crippen LogP contribution in [0.25, 0.3) is 17.0 Å². The van der Waals surface area contributed by atoms with Crippen LogP contribution >= 0.6 is 0 Å². The molecule has 0 amide bonds. The van der Waals surface area contributed by atoms with E-state index in [0.717, 1.165) is 0 Å². The van der Waals surface area contributed by atoms with Gasteiger partial charge in [0.05, 0.1) is 11.8 Å². The van der Waals surface area contributed by atoms with Crippen LogP contribution in [0.1, 0.15) is 16.1 Å².